The molecule has 1 aromatic heterocycles. The molecule has 2 aliphatic rings. The maximum Gasteiger partial charge on any atom is 0.269 e. The summed E-state index contributed by atoms with van der Waals surface area (Å²) in [7, 11) is 0. The minimum absolute atomic E-state index is 0.00756. The second-order valence-electron chi connectivity index (χ2n) is 8.12. The van der Waals surface area contributed by atoms with Crippen molar-refractivity contribution in [3.05, 3.63) is 128 Å². The lowest BCUT2D eigenvalue weighted by molar-refractivity contribution is -0.384. The fraction of sp³-hybridized carbons (Fsp3) is 0.0370. The van der Waals surface area contributed by atoms with Gasteiger partial charge in [-0.2, -0.15) is 5.10 Å². The van der Waals surface area contributed by atoms with Gasteiger partial charge in [0, 0.05) is 17.8 Å². The van der Waals surface area contributed by atoms with E-state index in [0.29, 0.717) is 10.6 Å². The topological polar surface area (TPSA) is 79.0 Å². The summed E-state index contributed by atoms with van der Waals surface area (Å²) in [5.74, 6) is -0.137. The summed E-state index contributed by atoms with van der Waals surface area (Å²) in [4.78, 5) is 28.2. The highest BCUT2D eigenvalue weighted by molar-refractivity contribution is 8.28. The Labute approximate surface area is 225 Å². The van der Waals surface area contributed by atoms with Crippen LogP contribution in [0, 0.1) is 10.1 Å². The molecule has 1 saturated heterocycles. The van der Waals surface area contributed by atoms with E-state index in [0.717, 1.165) is 21.2 Å². The molecule has 3 heterocycles. The lowest BCUT2D eigenvalue weighted by Crippen LogP contribution is -2.51. The van der Waals surface area contributed by atoms with Crippen molar-refractivity contribution >= 4 is 68.9 Å². The van der Waals surface area contributed by atoms with Gasteiger partial charge in [-0.25, -0.2) is 5.01 Å². The Kier molecular flexibility index (Phi) is 6.07. The minimum Gasteiger partial charge on any atom is -0.268 e. The number of benzene rings is 3. The van der Waals surface area contributed by atoms with Gasteiger partial charge in [0.2, 0.25) is 4.33 Å². The Morgan fingerprint density at radius 2 is 1.54 bits per heavy atom. The molecule has 0 radical (unpaired) electrons. The zero-order valence-electron chi connectivity index (χ0n) is 19.1. The number of hydrogen-bond donors (Lipinski definition) is 0. The van der Waals surface area contributed by atoms with Crippen LogP contribution in [-0.4, -0.2) is 20.2 Å². The van der Waals surface area contributed by atoms with Gasteiger partial charge in [-0.3, -0.25) is 19.8 Å². The Hall–Kier alpha value is -3.86. The first kappa shape index (κ1) is 23.5. The zero-order chi connectivity index (χ0) is 25.4. The van der Waals surface area contributed by atoms with Crippen molar-refractivity contribution < 1.29 is 9.72 Å². The van der Waals surface area contributed by atoms with Gasteiger partial charge in [0.05, 0.1) is 20.4 Å². The normalized spacial score (nSPS) is 20.2. The Bertz CT molecular complexity index is 1520. The molecule has 37 heavy (non-hydrogen) atoms. The highest BCUT2D eigenvalue weighted by Gasteiger charge is 2.59. The summed E-state index contributed by atoms with van der Waals surface area (Å²) >= 11 is 4.49. The van der Waals surface area contributed by atoms with Gasteiger partial charge in [0.1, 0.15) is 5.04 Å². The molecule has 1 unspecified atom stereocenters. The molecule has 3 aromatic carbocycles. The molecular weight excluding hydrogens is 525 g/mol. The average molecular weight is 543 g/mol. The number of rotatable bonds is 5. The van der Waals surface area contributed by atoms with Crippen molar-refractivity contribution in [2.45, 2.75) is 4.33 Å². The molecule has 0 aliphatic carbocycles. The van der Waals surface area contributed by atoms with Crippen LogP contribution in [0.3, 0.4) is 0 Å². The fourth-order valence-electron chi connectivity index (χ4n) is 4.10. The number of para-hydroxylation sites is 1. The Morgan fingerprint density at radius 1 is 0.838 bits per heavy atom. The van der Waals surface area contributed by atoms with Crippen molar-refractivity contribution in [2.24, 2.45) is 5.10 Å². The summed E-state index contributed by atoms with van der Waals surface area (Å²) in [6, 6.07) is 29.5. The van der Waals surface area contributed by atoms with Crippen LogP contribution in [0.25, 0.3) is 6.08 Å². The highest BCUT2D eigenvalue weighted by Crippen LogP contribution is 2.60. The molecule has 1 fully saturated rings. The third-order valence-corrected chi connectivity index (χ3v) is 9.53. The molecule has 0 saturated carbocycles. The van der Waals surface area contributed by atoms with Crippen LogP contribution in [-0.2, 0) is 4.79 Å². The number of hydrogen-bond acceptors (Lipinski definition) is 8. The van der Waals surface area contributed by atoms with Crippen LogP contribution in [0.4, 0.5) is 17.1 Å². The van der Waals surface area contributed by atoms with Crippen molar-refractivity contribution in [2.75, 3.05) is 9.91 Å². The number of thiophene rings is 1. The SMILES string of the molecule is O=C1/C(=C\c2ccccc2)SC2(SC(c3cccs3)=NN2c2ccc([N+](=O)[O-])cc2)N1c1ccccc1. The highest BCUT2D eigenvalue weighted by atomic mass is 32.2. The Balaban J connectivity index is 1.52. The van der Waals surface area contributed by atoms with E-state index in [1.165, 1.54) is 35.7 Å². The summed E-state index contributed by atoms with van der Waals surface area (Å²) < 4.78 is -1.01. The maximum atomic E-state index is 14.0. The van der Waals surface area contributed by atoms with Crippen molar-refractivity contribution in [3.63, 3.8) is 0 Å². The molecule has 0 bridgehead atoms. The van der Waals surface area contributed by atoms with Crippen molar-refractivity contribution in [1.82, 2.24) is 0 Å². The van der Waals surface area contributed by atoms with E-state index in [1.54, 1.807) is 33.4 Å². The van der Waals surface area contributed by atoms with E-state index < -0.39 is 9.25 Å². The van der Waals surface area contributed by atoms with Crippen LogP contribution >= 0.6 is 34.9 Å². The minimum atomic E-state index is -1.01. The van der Waals surface area contributed by atoms with Gasteiger partial charge >= 0.3 is 0 Å². The zero-order valence-corrected chi connectivity index (χ0v) is 21.6. The van der Waals surface area contributed by atoms with Crippen LogP contribution in [0.2, 0.25) is 0 Å². The number of non-ortho nitro benzene ring substituents is 1. The number of carbonyl (C=O) groups excluding carboxylic acids is 1. The number of anilines is 2. The standard InChI is InChI=1S/C27H18N4O3S3/c32-26-24(18-19-8-3-1-4-9-19)36-27(29(26)20-10-5-2-6-11-20)30(21-13-15-22(16-14-21)31(33)34)28-25(37-27)23-12-7-17-35-23/h1-18H/b24-18+. The predicted octanol–water partition coefficient (Wildman–Crippen LogP) is 7.00. The number of hydrazone groups is 1. The molecule has 0 N–H and O–H groups in total. The first-order chi connectivity index (χ1) is 18.0. The predicted molar refractivity (Wildman–Crippen MR) is 153 cm³/mol. The molecule has 1 spiro atoms. The van der Waals surface area contributed by atoms with Crippen LogP contribution in [0.1, 0.15) is 10.4 Å². The van der Waals surface area contributed by atoms with Crippen LogP contribution in [0.5, 0.6) is 0 Å². The second kappa shape index (κ2) is 9.55. The van der Waals surface area contributed by atoms with Gasteiger partial charge in [0.25, 0.3) is 11.6 Å². The maximum absolute atomic E-state index is 14.0. The van der Waals surface area contributed by atoms with E-state index in [-0.39, 0.29) is 11.6 Å². The lowest BCUT2D eigenvalue weighted by Gasteiger charge is -2.38. The number of nitro groups is 1. The molecule has 2 aliphatic heterocycles. The van der Waals surface area contributed by atoms with E-state index in [9.17, 15) is 14.9 Å². The molecule has 1 atom stereocenters. The first-order valence-electron chi connectivity index (χ1n) is 11.3. The molecular formula is C27H18N4O3S3. The van der Waals surface area contributed by atoms with E-state index in [2.05, 4.69) is 0 Å². The van der Waals surface area contributed by atoms with Gasteiger partial charge in [-0.1, -0.05) is 66.4 Å². The summed E-state index contributed by atoms with van der Waals surface area (Å²) in [6.45, 7) is 0. The van der Waals surface area contributed by atoms with Gasteiger partial charge in [-0.05, 0) is 59.1 Å². The molecule has 1 amide bonds. The third-order valence-electron chi connectivity index (χ3n) is 5.78. The summed E-state index contributed by atoms with van der Waals surface area (Å²) in [5.41, 5.74) is 2.30. The molecule has 7 nitrogen and oxygen atoms in total. The van der Waals surface area contributed by atoms with E-state index in [4.69, 9.17) is 5.10 Å². The smallest absolute Gasteiger partial charge is 0.268 e. The number of amides is 1. The first-order valence-corrected chi connectivity index (χ1v) is 13.8. The van der Waals surface area contributed by atoms with Crippen LogP contribution in [0.15, 0.2) is 112 Å². The quantitative estimate of drug-likeness (QED) is 0.153. The molecule has 4 aromatic rings. The lowest BCUT2D eigenvalue weighted by atomic mass is 10.2. The Morgan fingerprint density at radius 3 is 2.19 bits per heavy atom. The van der Waals surface area contributed by atoms with E-state index in [1.807, 2.05) is 84.3 Å². The second-order valence-corrected chi connectivity index (χ2v) is 11.7. The fourth-order valence-corrected chi connectivity index (χ4v) is 7.88. The summed E-state index contributed by atoms with van der Waals surface area (Å²) in [5, 5.41) is 20.8. The number of nitro benzene ring substituents is 1. The average Bonchev–Trinajstić information content (AvgIpc) is 3.64. The van der Waals surface area contributed by atoms with Gasteiger partial charge in [0.15, 0.2) is 0 Å². The van der Waals surface area contributed by atoms with Gasteiger partial charge < -0.3 is 0 Å². The number of thioether (sulfide) groups is 2. The van der Waals surface area contributed by atoms with Crippen LogP contribution < -0.4 is 9.91 Å². The number of nitrogens with zero attached hydrogens (tertiary/aromatic N) is 4. The molecule has 182 valence electrons. The monoisotopic (exact) mass is 542 g/mol. The van der Waals surface area contributed by atoms with Crippen molar-refractivity contribution in [1.29, 1.82) is 0 Å². The van der Waals surface area contributed by atoms with Crippen molar-refractivity contribution in [3.8, 4) is 0 Å². The van der Waals surface area contributed by atoms with E-state index >= 15 is 0 Å². The largest absolute Gasteiger partial charge is 0.269 e. The third kappa shape index (κ3) is 4.22. The summed E-state index contributed by atoms with van der Waals surface area (Å²) in [6.07, 6.45) is 1.90. The molecule has 10 heteroatoms. The number of carbonyl (C=O) groups is 1. The molecule has 6 rings (SSSR count). The van der Waals surface area contributed by atoms with Gasteiger partial charge in [-0.15, -0.1) is 11.3 Å².